The van der Waals surface area contributed by atoms with Gasteiger partial charge in [-0.1, -0.05) is 26.0 Å². The van der Waals surface area contributed by atoms with Crippen LogP contribution in [0, 0.1) is 5.41 Å². The van der Waals surface area contributed by atoms with Crippen molar-refractivity contribution in [1.29, 1.82) is 0 Å². The molecule has 0 spiro atoms. The minimum Gasteiger partial charge on any atom is -0.467 e. The van der Waals surface area contributed by atoms with Gasteiger partial charge in [0.15, 0.2) is 11.7 Å². The highest BCUT2D eigenvalue weighted by Crippen LogP contribution is 2.33. The summed E-state index contributed by atoms with van der Waals surface area (Å²) in [5.74, 6) is -0.666. The molecule has 0 aliphatic rings. The zero-order valence-corrected chi connectivity index (χ0v) is 10.4. The van der Waals surface area contributed by atoms with Crippen molar-refractivity contribution < 1.29 is 22.7 Å². The number of esters is 1. The number of carbonyl (C=O) groups is 1. The molecule has 0 aliphatic carbocycles. The Morgan fingerprint density at radius 3 is 2.28 bits per heavy atom. The summed E-state index contributed by atoms with van der Waals surface area (Å²) < 4.78 is 42.7. The fourth-order valence-electron chi connectivity index (χ4n) is 1.50. The summed E-state index contributed by atoms with van der Waals surface area (Å²) in [6.45, 7) is 5.09. The molecule has 0 radical (unpaired) electrons. The normalized spacial score (nSPS) is 14.4. The topological polar surface area (TPSA) is 57.0 Å². The standard InChI is InChI=1S/C10H14F3N3O2/c1-9(2,3)7(8(17)18-4)16-5-6(14-15-16)10(11,12)13/h5,7H,1-4H3/t7-/m1/s1. The average Bonchev–Trinajstić information content (AvgIpc) is 2.63. The maximum atomic E-state index is 12.4. The molecular formula is C10H14F3N3O2. The average molecular weight is 265 g/mol. The molecule has 0 amide bonds. The van der Waals surface area contributed by atoms with Crippen LogP contribution in [0.25, 0.3) is 0 Å². The van der Waals surface area contributed by atoms with Gasteiger partial charge in [-0.15, -0.1) is 5.10 Å². The Hall–Kier alpha value is -1.60. The Labute approximate surface area is 102 Å². The third kappa shape index (κ3) is 2.99. The van der Waals surface area contributed by atoms with Crippen molar-refractivity contribution in [2.24, 2.45) is 5.41 Å². The Morgan fingerprint density at radius 1 is 1.39 bits per heavy atom. The van der Waals surface area contributed by atoms with E-state index in [0.717, 1.165) is 4.68 Å². The molecule has 0 unspecified atom stereocenters. The van der Waals surface area contributed by atoms with Gasteiger partial charge in [-0.3, -0.25) is 0 Å². The molecule has 1 aromatic heterocycles. The number of methoxy groups -OCH3 is 1. The van der Waals surface area contributed by atoms with Crippen LogP contribution in [0.1, 0.15) is 32.5 Å². The first kappa shape index (κ1) is 14.5. The third-order valence-electron chi connectivity index (χ3n) is 2.31. The molecule has 1 heterocycles. The van der Waals surface area contributed by atoms with Gasteiger partial charge >= 0.3 is 12.1 Å². The molecule has 0 fully saturated rings. The Bertz CT molecular complexity index is 434. The smallest absolute Gasteiger partial charge is 0.436 e. The van der Waals surface area contributed by atoms with Crippen molar-refractivity contribution in [2.75, 3.05) is 7.11 Å². The van der Waals surface area contributed by atoms with Crippen molar-refractivity contribution in [3.63, 3.8) is 0 Å². The molecule has 0 aliphatic heterocycles. The molecule has 102 valence electrons. The highest BCUT2D eigenvalue weighted by Gasteiger charge is 2.39. The quantitative estimate of drug-likeness (QED) is 0.768. The molecular weight excluding hydrogens is 251 g/mol. The summed E-state index contributed by atoms with van der Waals surface area (Å²) in [6, 6.07) is -0.967. The molecule has 0 saturated heterocycles. The van der Waals surface area contributed by atoms with Gasteiger partial charge in [0, 0.05) is 0 Å². The van der Waals surface area contributed by atoms with Crippen molar-refractivity contribution in [3.8, 4) is 0 Å². The Morgan fingerprint density at radius 2 is 1.94 bits per heavy atom. The second kappa shape index (κ2) is 4.58. The van der Waals surface area contributed by atoms with Gasteiger partial charge in [0.1, 0.15) is 0 Å². The van der Waals surface area contributed by atoms with Crippen LogP contribution < -0.4 is 0 Å². The molecule has 0 saturated carbocycles. The maximum absolute atomic E-state index is 12.4. The molecule has 1 rings (SSSR count). The van der Waals surface area contributed by atoms with Gasteiger partial charge in [-0.25, -0.2) is 9.48 Å². The van der Waals surface area contributed by atoms with Gasteiger partial charge < -0.3 is 4.74 Å². The van der Waals surface area contributed by atoms with Gasteiger partial charge in [0.25, 0.3) is 0 Å². The van der Waals surface area contributed by atoms with E-state index in [1.54, 1.807) is 20.8 Å². The lowest BCUT2D eigenvalue weighted by Crippen LogP contribution is -2.33. The number of carbonyl (C=O) groups excluding carboxylic acids is 1. The molecule has 0 N–H and O–H groups in total. The van der Waals surface area contributed by atoms with Gasteiger partial charge in [-0.2, -0.15) is 13.2 Å². The lowest BCUT2D eigenvalue weighted by atomic mass is 9.87. The van der Waals surface area contributed by atoms with E-state index in [1.807, 2.05) is 0 Å². The summed E-state index contributed by atoms with van der Waals surface area (Å²) in [7, 11) is 1.17. The lowest BCUT2D eigenvalue weighted by Gasteiger charge is -2.27. The van der Waals surface area contributed by atoms with Crippen LogP contribution >= 0.6 is 0 Å². The Balaban J connectivity index is 3.16. The molecule has 5 nitrogen and oxygen atoms in total. The molecule has 0 bridgehead atoms. The number of ether oxygens (including phenoxy) is 1. The van der Waals surface area contributed by atoms with E-state index in [2.05, 4.69) is 15.0 Å². The first-order valence-corrected chi connectivity index (χ1v) is 5.14. The summed E-state index contributed by atoms with van der Waals surface area (Å²) >= 11 is 0. The zero-order valence-electron chi connectivity index (χ0n) is 10.4. The third-order valence-corrected chi connectivity index (χ3v) is 2.31. The van der Waals surface area contributed by atoms with Crippen molar-refractivity contribution in [2.45, 2.75) is 33.0 Å². The second-order valence-electron chi connectivity index (χ2n) is 4.87. The first-order valence-electron chi connectivity index (χ1n) is 5.14. The van der Waals surface area contributed by atoms with Gasteiger partial charge in [-0.05, 0) is 5.41 Å². The summed E-state index contributed by atoms with van der Waals surface area (Å²) in [5.41, 5.74) is -1.79. The van der Waals surface area contributed by atoms with Crippen LogP contribution in [0.4, 0.5) is 13.2 Å². The van der Waals surface area contributed by atoms with Crippen LogP contribution in [-0.4, -0.2) is 28.1 Å². The fourth-order valence-corrected chi connectivity index (χ4v) is 1.50. The second-order valence-corrected chi connectivity index (χ2v) is 4.87. The minimum atomic E-state index is -4.59. The monoisotopic (exact) mass is 265 g/mol. The van der Waals surface area contributed by atoms with Crippen LogP contribution in [0.15, 0.2) is 6.20 Å². The number of halogens is 3. The lowest BCUT2D eigenvalue weighted by molar-refractivity contribution is -0.149. The number of alkyl halides is 3. The maximum Gasteiger partial charge on any atom is 0.436 e. The first-order chi connectivity index (χ1) is 8.07. The number of hydrogen-bond acceptors (Lipinski definition) is 4. The number of nitrogens with zero attached hydrogens (tertiary/aromatic N) is 3. The van der Waals surface area contributed by atoms with Crippen LogP contribution in [0.2, 0.25) is 0 Å². The molecule has 18 heavy (non-hydrogen) atoms. The largest absolute Gasteiger partial charge is 0.467 e. The minimum absolute atomic E-state index is 0.649. The van der Waals surface area contributed by atoms with E-state index in [1.165, 1.54) is 7.11 Å². The predicted octanol–water partition coefficient (Wildman–Crippen LogP) is 2.06. The van der Waals surface area contributed by atoms with E-state index < -0.39 is 29.3 Å². The predicted molar refractivity (Wildman–Crippen MR) is 55.5 cm³/mol. The fraction of sp³-hybridized carbons (Fsp3) is 0.700. The highest BCUT2D eigenvalue weighted by molar-refractivity contribution is 5.74. The van der Waals surface area contributed by atoms with Crippen LogP contribution in [0.5, 0.6) is 0 Å². The molecule has 1 atom stereocenters. The van der Waals surface area contributed by atoms with Crippen molar-refractivity contribution in [1.82, 2.24) is 15.0 Å². The van der Waals surface area contributed by atoms with E-state index in [-0.39, 0.29) is 0 Å². The van der Waals surface area contributed by atoms with Crippen molar-refractivity contribution in [3.05, 3.63) is 11.9 Å². The number of aromatic nitrogens is 3. The van der Waals surface area contributed by atoms with Crippen LogP contribution in [-0.2, 0) is 15.7 Å². The summed E-state index contributed by atoms with van der Waals surface area (Å²) in [6.07, 6.45) is -3.89. The van der Waals surface area contributed by atoms with Crippen molar-refractivity contribution >= 4 is 5.97 Å². The molecule has 8 heteroatoms. The SMILES string of the molecule is COC(=O)[C@@H](n1cc(C(F)(F)F)nn1)C(C)(C)C. The van der Waals surface area contributed by atoms with E-state index >= 15 is 0 Å². The summed E-state index contributed by atoms with van der Waals surface area (Å²) in [4.78, 5) is 11.6. The van der Waals surface area contributed by atoms with Gasteiger partial charge in [0.05, 0.1) is 13.3 Å². The highest BCUT2D eigenvalue weighted by atomic mass is 19.4. The number of hydrogen-bond donors (Lipinski definition) is 0. The van der Waals surface area contributed by atoms with Crippen LogP contribution in [0.3, 0.4) is 0 Å². The van der Waals surface area contributed by atoms with E-state index in [4.69, 9.17) is 0 Å². The summed E-state index contributed by atoms with van der Waals surface area (Å²) in [5, 5.41) is 6.38. The van der Waals surface area contributed by atoms with E-state index in [9.17, 15) is 18.0 Å². The Kier molecular flexibility index (Phi) is 3.68. The molecule has 0 aromatic carbocycles. The molecule has 1 aromatic rings. The van der Waals surface area contributed by atoms with Gasteiger partial charge in [0.2, 0.25) is 0 Å². The number of rotatable bonds is 2. The van der Waals surface area contributed by atoms with E-state index in [0.29, 0.717) is 6.20 Å². The zero-order chi connectivity index (χ0) is 14.1.